The molecular formula is C13H19N5O3S. The van der Waals surface area contributed by atoms with Gasteiger partial charge >= 0.3 is 0 Å². The molecule has 22 heavy (non-hydrogen) atoms. The summed E-state index contributed by atoms with van der Waals surface area (Å²) < 4.78 is 35.7. The molecule has 1 aliphatic rings. The number of nitrogens with zero attached hydrogens (tertiary/aromatic N) is 5. The van der Waals surface area contributed by atoms with E-state index in [1.807, 2.05) is 11.5 Å². The predicted molar refractivity (Wildman–Crippen MR) is 78.5 cm³/mol. The van der Waals surface area contributed by atoms with Gasteiger partial charge in [-0.1, -0.05) is 0 Å². The highest BCUT2D eigenvalue weighted by Crippen LogP contribution is 2.30. The molecule has 3 heterocycles. The highest BCUT2D eigenvalue weighted by molar-refractivity contribution is 7.89. The molecule has 9 heteroatoms. The second kappa shape index (κ2) is 5.49. The summed E-state index contributed by atoms with van der Waals surface area (Å²) >= 11 is 0. The van der Waals surface area contributed by atoms with Gasteiger partial charge < -0.3 is 13.9 Å². The van der Waals surface area contributed by atoms with E-state index in [1.54, 1.807) is 24.9 Å². The molecule has 0 saturated carbocycles. The van der Waals surface area contributed by atoms with Gasteiger partial charge in [0.1, 0.15) is 5.82 Å². The minimum absolute atomic E-state index is 0.0685. The summed E-state index contributed by atoms with van der Waals surface area (Å²) in [5.41, 5.74) is 0.958. The highest BCUT2D eigenvalue weighted by Gasteiger charge is 2.36. The number of rotatable bonds is 4. The second-order valence-electron chi connectivity index (χ2n) is 5.36. The molecule has 1 aliphatic heterocycles. The fourth-order valence-electron chi connectivity index (χ4n) is 2.77. The van der Waals surface area contributed by atoms with E-state index in [4.69, 9.17) is 4.74 Å². The number of hydrogen-bond acceptors (Lipinski definition) is 5. The van der Waals surface area contributed by atoms with Gasteiger partial charge in [-0.05, 0) is 6.92 Å². The van der Waals surface area contributed by atoms with Crippen LogP contribution in [0.2, 0.25) is 0 Å². The molecular weight excluding hydrogens is 306 g/mol. The van der Waals surface area contributed by atoms with Gasteiger partial charge in [-0.3, -0.25) is 0 Å². The molecule has 0 aliphatic carbocycles. The first-order valence-electron chi connectivity index (χ1n) is 6.98. The van der Waals surface area contributed by atoms with Gasteiger partial charge in [0.2, 0.25) is 0 Å². The van der Waals surface area contributed by atoms with E-state index < -0.39 is 10.0 Å². The van der Waals surface area contributed by atoms with Gasteiger partial charge in [0.25, 0.3) is 10.0 Å². The Hall–Kier alpha value is -1.71. The van der Waals surface area contributed by atoms with Crippen molar-refractivity contribution in [3.05, 3.63) is 30.2 Å². The first-order valence-corrected chi connectivity index (χ1v) is 8.42. The van der Waals surface area contributed by atoms with Crippen LogP contribution in [0.1, 0.15) is 24.5 Å². The Bertz CT molecular complexity index is 779. The zero-order chi connectivity index (χ0) is 15.9. The first-order chi connectivity index (χ1) is 10.4. The lowest BCUT2D eigenvalue weighted by Crippen LogP contribution is -2.41. The Labute approximate surface area is 129 Å². The normalized spacial score (nSPS) is 19.3. The summed E-state index contributed by atoms with van der Waals surface area (Å²) in [6.07, 6.45) is 4.74. The van der Waals surface area contributed by atoms with Gasteiger partial charge in [-0.15, -0.1) is 0 Å². The molecule has 1 atom stereocenters. The Kier molecular flexibility index (Phi) is 3.79. The van der Waals surface area contributed by atoms with Crippen molar-refractivity contribution in [1.29, 1.82) is 0 Å². The monoisotopic (exact) mass is 325 g/mol. The number of ether oxygens (including phenoxy) is 1. The number of fused-ring (bicyclic) bond motifs is 1. The molecule has 2 aromatic rings. The lowest BCUT2D eigenvalue weighted by Gasteiger charge is -2.32. The highest BCUT2D eigenvalue weighted by atomic mass is 32.2. The quantitative estimate of drug-likeness (QED) is 0.819. The molecule has 120 valence electrons. The van der Waals surface area contributed by atoms with E-state index in [9.17, 15) is 8.42 Å². The Morgan fingerprint density at radius 2 is 2.14 bits per heavy atom. The number of sulfonamides is 1. The second-order valence-corrected chi connectivity index (χ2v) is 7.20. The van der Waals surface area contributed by atoms with Crippen molar-refractivity contribution in [1.82, 2.24) is 23.4 Å². The van der Waals surface area contributed by atoms with Gasteiger partial charge in [-0.2, -0.15) is 4.31 Å². The van der Waals surface area contributed by atoms with E-state index in [0.717, 1.165) is 11.5 Å². The van der Waals surface area contributed by atoms with Crippen molar-refractivity contribution >= 4 is 10.0 Å². The Morgan fingerprint density at radius 3 is 2.77 bits per heavy atom. The third-order valence-electron chi connectivity index (χ3n) is 3.87. The van der Waals surface area contributed by atoms with E-state index in [2.05, 4.69) is 9.97 Å². The van der Waals surface area contributed by atoms with Crippen LogP contribution in [0, 0.1) is 0 Å². The van der Waals surface area contributed by atoms with Gasteiger partial charge in [-0.25, -0.2) is 18.4 Å². The number of aryl methyl sites for hydroxylation is 1. The summed E-state index contributed by atoms with van der Waals surface area (Å²) in [6.45, 7) is 3.26. The lowest BCUT2D eigenvalue weighted by atomic mass is 10.2. The van der Waals surface area contributed by atoms with Gasteiger partial charge in [0.15, 0.2) is 5.03 Å². The SMILES string of the molecule is COCc1cnc2n1CCN(S(=O)(=O)c1cn(C)cn1)[C@@H]2C. The molecule has 0 unspecified atom stereocenters. The predicted octanol–water partition coefficient (Wildman–Crippen LogP) is 0.528. The fraction of sp³-hybridized carbons (Fsp3) is 0.538. The molecule has 0 N–H and O–H groups in total. The number of methoxy groups -OCH3 is 1. The van der Waals surface area contributed by atoms with Crippen molar-refractivity contribution in [2.45, 2.75) is 31.1 Å². The van der Waals surface area contributed by atoms with Crippen LogP contribution in [0.15, 0.2) is 23.7 Å². The van der Waals surface area contributed by atoms with E-state index in [0.29, 0.717) is 19.7 Å². The number of imidazole rings is 2. The minimum Gasteiger partial charge on any atom is -0.378 e. The molecule has 8 nitrogen and oxygen atoms in total. The van der Waals surface area contributed by atoms with Crippen molar-refractivity contribution in [2.75, 3.05) is 13.7 Å². The Balaban J connectivity index is 1.94. The third kappa shape index (κ3) is 2.34. The molecule has 2 aromatic heterocycles. The van der Waals surface area contributed by atoms with E-state index in [-0.39, 0.29) is 11.1 Å². The van der Waals surface area contributed by atoms with Crippen molar-refractivity contribution in [2.24, 2.45) is 7.05 Å². The molecule has 0 radical (unpaired) electrons. The molecule has 0 amide bonds. The van der Waals surface area contributed by atoms with Crippen LogP contribution in [0.4, 0.5) is 0 Å². The summed E-state index contributed by atoms with van der Waals surface area (Å²) in [7, 11) is -0.245. The first kappa shape index (κ1) is 15.2. The molecule has 0 fully saturated rings. The maximum Gasteiger partial charge on any atom is 0.262 e. The zero-order valence-electron chi connectivity index (χ0n) is 12.8. The summed E-state index contributed by atoms with van der Waals surface area (Å²) in [4.78, 5) is 8.34. The molecule has 3 rings (SSSR count). The minimum atomic E-state index is -3.62. The zero-order valence-corrected chi connectivity index (χ0v) is 13.6. The summed E-state index contributed by atoms with van der Waals surface area (Å²) in [5, 5.41) is 0.0685. The van der Waals surface area contributed by atoms with Crippen molar-refractivity contribution < 1.29 is 13.2 Å². The maximum absolute atomic E-state index is 12.7. The number of aromatic nitrogens is 4. The fourth-order valence-corrected chi connectivity index (χ4v) is 4.33. The van der Waals surface area contributed by atoms with Crippen molar-refractivity contribution in [3.8, 4) is 0 Å². The van der Waals surface area contributed by atoms with Crippen LogP contribution in [0.3, 0.4) is 0 Å². The standard InChI is InChI=1S/C13H19N5O3S/c1-10-13-14-6-11(8-21-3)17(13)4-5-18(10)22(19,20)12-7-16(2)9-15-12/h6-7,9-10H,4-5,8H2,1-3H3/t10-/m1/s1. The molecule has 0 saturated heterocycles. The Morgan fingerprint density at radius 1 is 1.36 bits per heavy atom. The van der Waals surface area contributed by atoms with Crippen LogP contribution in [0.25, 0.3) is 0 Å². The average molecular weight is 325 g/mol. The molecule has 0 spiro atoms. The van der Waals surface area contributed by atoms with Crippen LogP contribution in [-0.2, 0) is 35.0 Å². The summed E-state index contributed by atoms with van der Waals surface area (Å²) in [5.74, 6) is 0.734. The topological polar surface area (TPSA) is 82.3 Å². The lowest BCUT2D eigenvalue weighted by molar-refractivity contribution is 0.173. The van der Waals surface area contributed by atoms with Crippen LogP contribution in [0.5, 0.6) is 0 Å². The van der Waals surface area contributed by atoms with E-state index >= 15 is 0 Å². The molecule has 0 bridgehead atoms. The van der Waals surface area contributed by atoms with Crippen LogP contribution in [-0.4, -0.2) is 45.5 Å². The molecule has 0 aromatic carbocycles. The van der Waals surface area contributed by atoms with Crippen LogP contribution >= 0.6 is 0 Å². The van der Waals surface area contributed by atoms with E-state index in [1.165, 1.54) is 16.8 Å². The van der Waals surface area contributed by atoms with Gasteiger partial charge in [0.05, 0.1) is 30.9 Å². The largest absolute Gasteiger partial charge is 0.378 e. The van der Waals surface area contributed by atoms with Crippen molar-refractivity contribution in [3.63, 3.8) is 0 Å². The number of hydrogen-bond donors (Lipinski definition) is 0. The van der Waals surface area contributed by atoms with Crippen LogP contribution < -0.4 is 0 Å². The maximum atomic E-state index is 12.7. The average Bonchev–Trinajstić information content (AvgIpc) is 3.07. The van der Waals surface area contributed by atoms with Gasteiger partial charge in [0, 0.05) is 33.4 Å². The smallest absolute Gasteiger partial charge is 0.262 e. The third-order valence-corrected chi connectivity index (χ3v) is 5.72. The summed E-state index contributed by atoms with van der Waals surface area (Å²) in [6, 6.07) is -0.341.